The number of hydrogen-bond acceptors (Lipinski definition) is 7. The van der Waals surface area contributed by atoms with Crippen molar-refractivity contribution in [2.75, 3.05) is 26.7 Å². The number of hydrogen-bond donors (Lipinski definition) is 5. The molecule has 2 aromatic carbocycles. The summed E-state index contributed by atoms with van der Waals surface area (Å²) in [4.78, 5) is 57.0. The second kappa shape index (κ2) is 17.0. The number of nitrogens with one attached hydrogen (secondary N) is 4. The maximum absolute atomic E-state index is 13.3. The summed E-state index contributed by atoms with van der Waals surface area (Å²) in [5.74, 6) is 8.01. The third-order valence-electron chi connectivity index (χ3n) is 10.4. The van der Waals surface area contributed by atoms with E-state index in [4.69, 9.17) is 9.72 Å². The fourth-order valence-corrected chi connectivity index (χ4v) is 7.30. The highest BCUT2D eigenvalue weighted by Gasteiger charge is 2.37. The van der Waals surface area contributed by atoms with Gasteiger partial charge in [0.2, 0.25) is 5.91 Å². The Morgan fingerprint density at radius 3 is 1.87 bits per heavy atom. The lowest BCUT2D eigenvalue weighted by molar-refractivity contribution is -0.135. The van der Waals surface area contributed by atoms with Gasteiger partial charge in [-0.3, -0.25) is 9.69 Å². The molecule has 2 aliphatic rings. The quantitative estimate of drug-likeness (QED) is 0.111. The Labute approximate surface area is 316 Å². The van der Waals surface area contributed by atoms with Crippen LogP contribution in [0.4, 0.5) is 9.59 Å². The number of likely N-dealkylation sites (tertiary alicyclic amines) is 2. The van der Waals surface area contributed by atoms with E-state index in [1.807, 2.05) is 68.6 Å². The molecule has 0 spiro atoms. The first kappa shape index (κ1) is 38.1. The number of carboxylic acid groups (broad SMARTS) is 1. The van der Waals surface area contributed by atoms with E-state index in [1.54, 1.807) is 11.1 Å². The molecule has 54 heavy (non-hydrogen) atoms. The third-order valence-corrected chi connectivity index (χ3v) is 10.4. The second-order valence-corrected chi connectivity index (χ2v) is 14.8. The maximum Gasteiger partial charge on any atom is 0.407 e. The summed E-state index contributed by atoms with van der Waals surface area (Å²) < 4.78 is 4.84. The first-order chi connectivity index (χ1) is 26.0. The molecule has 6 rings (SSSR count). The van der Waals surface area contributed by atoms with Crippen LogP contribution in [0.5, 0.6) is 0 Å². The van der Waals surface area contributed by atoms with Gasteiger partial charge in [0.05, 0.1) is 43.0 Å². The number of nitrogens with zero attached hydrogens (tertiary/aromatic N) is 4. The number of ether oxygens (including phenoxy) is 1. The molecule has 4 heterocycles. The normalized spacial score (nSPS) is 18.3. The van der Waals surface area contributed by atoms with Crippen LogP contribution in [0.1, 0.15) is 88.2 Å². The fourth-order valence-electron chi connectivity index (χ4n) is 7.30. The number of methoxy groups -OCH3 is 1. The molecule has 0 saturated carbocycles. The smallest absolute Gasteiger partial charge is 0.407 e. The van der Waals surface area contributed by atoms with E-state index < -0.39 is 18.2 Å². The predicted octanol–water partition coefficient (Wildman–Crippen LogP) is 6.34. The zero-order chi connectivity index (χ0) is 38.4. The van der Waals surface area contributed by atoms with Crippen LogP contribution < -0.4 is 10.6 Å². The Bertz CT molecular complexity index is 1970. The molecular weight excluding hydrogens is 685 g/mol. The molecule has 2 fully saturated rings. The van der Waals surface area contributed by atoms with E-state index in [1.165, 1.54) is 7.11 Å². The van der Waals surface area contributed by atoms with Crippen molar-refractivity contribution in [1.82, 2.24) is 40.4 Å². The number of amides is 3. The topological polar surface area (TPSA) is 169 Å². The molecule has 5 N–H and O–H groups in total. The van der Waals surface area contributed by atoms with Gasteiger partial charge in [0.1, 0.15) is 17.7 Å². The minimum Gasteiger partial charge on any atom is -0.465 e. The second-order valence-electron chi connectivity index (χ2n) is 14.8. The lowest BCUT2D eigenvalue weighted by Gasteiger charge is -2.30. The molecule has 4 aromatic rings. The fraction of sp³-hybridized carbons (Fsp3) is 0.439. The first-order valence-electron chi connectivity index (χ1n) is 18.7. The van der Waals surface area contributed by atoms with Crippen LogP contribution >= 0.6 is 0 Å². The van der Waals surface area contributed by atoms with Crippen LogP contribution in [-0.2, 0) is 9.53 Å². The molecule has 2 aromatic heterocycles. The SMILES string of the molecule is COC(=O)NC(CN1CCCC1c1ncc(-c2ccc(C#Cc3ccc(-c4cnc(C5CCCN5C(=O)C(NC(=O)O)C(C)C)[nH]4)cc3)cc2)[nH]1)C(C)C. The number of benzene rings is 2. The van der Waals surface area contributed by atoms with Gasteiger partial charge >= 0.3 is 12.2 Å². The Balaban J connectivity index is 1.07. The molecule has 2 aliphatic heterocycles. The number of aromatic nitrogens is 4. The van der Waals surface area contributed by atoms with Crippen LogP contribution in [0.2, 0.25) is 0 Å². The Kier molecular flexibility index (Phi) is 12.0. The average molecular weight is 735 g/mol. The highest BCUT2D eigenvalue weighted by Crippen LogP contribution is 2.34. The molecule has 13 nitrogen and oxygen atoms in total. The van der Waals surface area contributed by atoms with Gasteiger partial charge in [-0.05, 0) is 79.5 Å². The largest absolute Gasteiger partial charge is 0.465 e. The summed E-state index contributed by atoms with van der Waals surface area (Å²) in [6.45, 7) is 10.1. The molecule has 0 aliphatic carbocycles. The van der Waals surface area contributed by atoms with Crippen molar-refractivity contribution >= 4 is 18.1 Å². The molecule has 4 unspecified atom stereocenters. The maximum atomic E-state index is 13.3. The van der Waals surface area contributed by atoms with Crippen molar-refractivity contribution in [3.63, 3.8) is 0 Å². The molecule has 0 bridgehead atoms. The van der Waals surface area contributed by atoms with E-state index in [-0.39, 0.29) is 35.9 Å². The predicted molar refractivity (Wildman–Crippen MR) is 205 cm³/mol. The summed E-state index contributed by atoms with van der Waals surface area (Å²) in [6.07, 6.45) is 5.70. The van der Waals surface area contributed by atoms with E-state index >= 15 is 0 Å². The average Bonchev–Trinajstić information content (AvgIpc) is 4.00. The Morgan fingerprint density at radius 2 is 1.35 bits per heavy atom. The summed E-state index contributed by atoms with van der Waals surface area (Å²) in [5, 5.41) is 14.6. The number of alkyl carbamates (subject to hydrolysis) is 1. The Hall–Kier alpha value is -5.61. The number of H-pyrrole nitrogens is 2. The van der Waals surface area contributed by atoms with Gasteiger partial charge in [0, 0.05) is 30.3 Å². The minimum atomic E-state index is -1.21. The van der Waals surface area contributed by atoms with Crippen LogP contribution in [0.25, 0.3) is 22.5 Å². The van der Waals surface area contributed by atoms with Crippen molar-refractivity contribution in [2.45, 2.75) is 77.5 Å². The molecule has 0 radical (unpaired) electrons. The molecule has 4 atom stereocenters. The zero-order valence-electron chi connectivity index (χ0n) is 31.6. The molecule has 284 valence electrons. The van der Waals surface area contributed by atoms with Crippen molar-refractivity contribution in [2.24, 2.45) is 11.8 Å². The monoisotopic (exact) mass is 734 g/mol. The Morgan fingerprint density at radius 1 is 0.815 bits per heavy atom. The number of aromatic amines is 2. The summed E-state index contributed by atoms with van der Waals surface area (Å²) in [5.41, 5.74) is 5.53. The van der Waals surface area contributed by atoms with E-state index in [0.717, 1.165) is 78.2 Å². The van der Waals surface area contributed by atoms with Crippen LogP contribution in [-0.4, -0.2) is 91.8 Å². The van der Waals surface area contributed by atoms with Crippen molar-refractivity contribution in [3.05, 3.63) is 83.7 Å². The standard InChI is InChI=1S/C41H50N8O5/c1-25(2)33(46-41(53)54-5)24-48-20-6-8-34(48)37-42-22-31(44-37)29-16-12-27(13-17-29)10-11-28-14-18-30(19-15-28)32-23-43-38(45-32)35-9-7-21-49(35)39(50)36(26(3)4)47-40(51)52/h12-19,22-23,25-26,33-36,47H,6-9,20-21,24H2,1-5H3,(H,42,44)(H,43,45)(H,46,53)(H,51,52). The van der Waals surface area contributed by atoms with Crippen molar-refractivity contribution in [1.29, 1.82) is 0 Å². The number of rotatable bonds is 11. The van der Waals surface area contributed by atoms with E-state index in [2.05, 4.69) is 56.2 Å². The first-order valence-corrected chi connectivity index (χ1v) is 18.7. The highest BCUT2D eigenvalue weighted by molar-refractivity contribution is 5.86. The molecule has 3 amide bonds. The summed E-state index contributed by atoms with van der Waals surface area (Å²) >= 11 is 0. The van der Waals surface area contributed by atoms with Crippen LogP contribution in [0.3, 0.4) is 0 Å². The molecule has 13 heteroatoms. The van der Waals surface area contributed by atoms with Crippen LogP contribution in [0, 0.1) is 23.7 Å². The number of imidazole rings is 2. The van der Waals surface area contributed by atoms with E-state index in [0.29, 0.717) is 12.4 Å². The summed E-state index contributed by atoms with van der Waals surface area (Å²) in [7, 11) is 1.39. The van der Waals surface area contributed by atoms with Gasteiger partial charge in [-0.15, -0.1) is 0 Å². The van der Waals surface area contributed by atoms with Gasteiger partial charge in [0.15, 0.2) is 0 Å². The van der Waals surface area contributed by atoms with Crippen LogP contribution in [0.15, 0.2) is 60.9 Å². The van der Waals surface area contributed by atoms with E-state index in [9.17, 15) is 19.5 Å². The summed E-state index contributed by atoms with van der Waals surface area (Å²) in [6, 6.07) is 15.1. The van der Waals surface area contributed by atoms with Gasteiger partial charge in [-0.25, -0.2) is 19.6 Å². The zero-order valence-corrected chi connectivity index (χ0v) is 31.6. The van der Waals surface area contributed by atoms with Gasteiger partial charge in [-0.1, -0.05) is 63.8 Å². The highest BCUT2D eigenvalue weighted by atomic mass is 16.5. The number of carbonyl (C=O) groups is 3. The van der Waals surface area contributed by atoms with Crippen molar-refractivity contribution in [3.8, 4) is 34.4 Å². The molecular formula is C41H50N8O5. The van der Waals surface area contributed by atoms with Crippen molar-refractivity contribution < 1.29 is 24.2 Å². The third kappa shape index (κ3) is 8.94. The minimum absolute atomic E-state index is 0.0209. The van der Waals surface area contributed by atoms with Gasteiger partial charge < -0.3 is 35.3 Å². The van der Waals surface area contributed by atoms with Gasteiger partial charge in [-0.2, -0.15) is 0 Å². The molecule has 2 saturated heterocycles. The lowest BCUT2D eigenvalue weighted by atomic mass is 10.0. The lowest BCUT2D eigenvalue weighted by Crippen LogP contribution is -2.50. The number of carbonyl (C=O) groups excluding carboxylic acids is 2. The van der Waals surface area contributed by atoms with Gasteiger partial charge in [0.25, 0.3) is 0 Å².